The molecule has 4 aromatic rings. The SMILES string of the molecule is Nc1ncnc2c1c(-c1ccc(C(=O)Nc3ccccn3)cc1)c1n2C[C@H](NC(=O)O)CC1. The van der Waals surface area contributed by atoms with Gasteiger partial charge in [0.2, 0.25) is 0 Å². The highest BCUT2D eigenvalue weighted by atomic mass is 16.4. The first-order chi connectivity index (χ1) is 16.0. The number of benzene rings is 1. The monoisotopic (exact) mass is 443 g/mol. The van der Waals surface area contributed by atoms with Crippen molar-refractivity contribution in [2.45, 2.75) is 25.4 Å². The van der Waals surface area contributed by atoms with Gasteiger partial charge in [0, 0.05) is 29.6 Å². The summed E-state index contributed by atoms with van der Waals surface area (Å²) in [6, 6.07) is 12.3. The van der Waals surface area contributed by atoms with Crippen LogP contribution in [-0.4, -0.2) is 42.7 Å². The van der Waals surface area contributed by atoms with Crippen molar-refractivity contribution in [3.05, 3.63) is 66.2 Å². The highest BCUT2D eigenvalue weighted by Crippen LogP contribution is 2.39. The van der Waals surface area contributed by atoms with Crippen molar-refractivity contribution in [2.75, 3.05) is 11.1 Å². The van der Waals surface area contributed by atoms with Crippen LogP contribution >= 0.6 is 0 Å². The topological polar surface area (TPSA) is 148 Å². The summed E-state index contributed by atoms with van der Waals surface area (Å²) < 4.78 is 2.01. The van der Waals surface area contributed by atoms with Crippen LogP contribution in [0.3, 0.4) is 0 Å². The third kappa shape index (κ3) is 3.82. The first-order valence-corrected chi connectivity index (χ1v) is 10.4. The number of hydrogen-bond donors (Lipinski definition) is 4. The molecule has 2 amide bonds. The number of carbonyl (C=O) groups is 2. The number of anilines is 2. The first kappa shape index (κ1) is 20.4. The molecule has 33 heavy (non-hydrogen) atoms. The number of fused-ring (bicyclic) bond motifs is 3. The van der Waals surface area contributed by atoms with Crippen LogP contribution < -0.4 is 16.4 Å². The largest absolute Gasteiger partial charge is 0.465 e. The predicted molar refractivity (Wildman–Crippen MR) is 123 cm³/mol. The maximum Gasteiger partial charge on any atom is 0.404 e. The molecule has 0 radical (unpaired) electrons. The summed E-state index contributed by atoms with van der Waals surface area (Å²) in [4.78, 5) is 36.4. The zero-order chi connectivity index (χ0) is 22.9. The molecule has 0 saturated heterocycles. The number of rotatable bonds is 4. The number of nitrogens with two attached hydrogens (primary N) is 1. The molecular weight excluding hydrogens is 422 g/mol. The Kier molecular flexibility index (Phi) is 5.09. The van der Waals surface area contributed by atoms with Crippen LogP contribution in [0.5, 0.6) is 0 Å². The van der Waals surface area contributed by atoms with Crippen molar-refractivity contribution in [1.29, 1.82) is 0 Å². The number of aromatic nitrogens is 4. The molecule has 4 heterocycles. The van der Waals surface area contributed by atoms with Crippen molar-refractivity contribution < 1.29 is 14.7 Å². The lowest BCUT2D eigenvalue weighted by Crippen LogP contribution is -2.40. The van der Waals surface area contributed by atoms with Gasteiger partial charge < -0.3 is 26.0 Å². The fourth-order valence-electron chi connectivity index (χ4n) is 4.34. The highest BCUT2D eigenvalue weighted by Gasteiger charge is 2.28. The van der Waals surface area contributed by atoms with E-state index in [0.29, 0.717) is 42.2 Å². The molecule has 5 rings (SSSR count). The fraction of sp³-hybridized carbons (Fsp3) is 0.174. The molecule has 0 spiro atoms. The summed E-state index contributed by atoms with van der Waals surface area (Å²) >= 11 is 0. The Morgan fingerprint density at radius 1 is 1.09 bits per heavy atom. The highest BCUT2D eigenvalue weighted by molar-refractivity contribution is 6.05. The minimum Gasteiger partial charge on any atom is -0.465 e. The zero-order valence-corrected chi connectivity index (χ0v) is 17.5. The molecule has 5 N–H and O–H groups in total. The molecule has 0 fully saturated rings. The maximum absolute atomic E-state index is 12.6. The number of hydrogen-bond acceptors (Lipinski definition) is 6. The smallest absolute Gasteiger partial charge is 0.404 e. The molecule has 1 atom stereocenters. The van der Waals surface area contributed by atoms with E-state index in [2.05, 4.69) is 25.6 Å². The van der Waals surface area contributed by atoms with E-state index in [0.717, 1.165) is 22.2 Å². The van der Waals surface area contributed by atoms with E-state index < -0.39 is 6.09 Å². The minimum absolute atomic E-state index is 0.215. The van der Waals surface area contributed by atoms with E-state index in [9.17, 15) is 9.59 Å². The molecule has 0 bridgehead atoms. The van der Waals surface area contributed by atoms with E-state index in [1.807, 2.05) is 16.7 Å². The molecular formula is C23H21N7O3. The van der Waals surface area contributed by atoms with Crippen LogP contribution in [0.1, 0.15) is 22.5 Å². The number of nitrogens with one attached hydrogen (secondary N) is 2. The molecule has 3 aromatic heterocycles. The lowest BCUT2D eigenvalue weighted by Gasteiger charge is -2.25. The molecule has 1 aromatic carbocycles. The van der Waals surface area contributed by atoms with Gasteiger partial charge in [-0.2, -0.15) is 0 Å². The molecule has 1 aliphatic heterocycles. The summed E-state index contributed by atoms with van der Waals surface area (Å²) in [6.45, 7) is 0.457. The molecule has 10 nitrogen and oxygen atoms in total. The van der Waals surface area contributed by atoms with Gasteiger partial charge in [0.15, 0.2) is 0 Å². The molecule has 10 heteroatoms. The lowest BCUT2D eigenvalue weighted by molar-refractivity contribution is 0.102. The van der Waals surface area contributed by atoms with E-state index >= 15 is 0 Å². The van der Waals surface area contributed by atoms with Crippen LogP contribution in [0.15, 0.2) is 55.0 Å². The standard InChI is InChI=1S/C23H21N7O3/c24-20-19-18(13-4-6-14(7-5-13)22(31)29-17-3-1-2-10-25-17)16-9-8-15(28-23(32)33)11-30(16)21(19)27-12-26-20/h1-7,10,12,15,28H,8-9,11H2,(H,32,33)(H2,24,26,27)(H,25,29,31)/t15-/m1/s1. The average Bonchev–Trinajstić information content (AvgIpc) is 3.14. The van der Waals surface area contributed by atoms with Gasteiger partial charge >= 0.3 is 6.09 Å². The third-order valence-corrected chi connectivity index (χ3v) is 5.78. The second-order valence-corrected chi connectivity index (χ2v) is 7.82. The third-order valence-electron chi connectivity index (χ3n) is 5.78. The summed E-state index contributed by atoms with van der Waals surface area (Å²) in [5, 5.41) is 15.2. The van der Waals surface area contributed by atoms with Gasteiger partial charge in [-0.3, -0.25) is 4.79 Å². The Labute approximate surface area is 188 Å². The van der Waals surface area contributed by atoms with E-state index in [1.165, 1.54) is 6.33 Å². The minimum atomic E-state index is -1.05. The molecule has 0 saturated carbocycles. The lowest BCUT2D eigenvalue weighted by atomic mass is 9.96. The number of pyridine rings is 1. The molecule has 0 unspecified atom stereocenters. The van der Waals surface area contributed by atoms with Crippen LogP contribution in [0.2, 0.25) is 0 Å². The van der Waals surface area contributed by atoms with Crippen LogP contribution in [-0.2, 0) is 13.0 Å². The molecule has 166 valence electrons. The van der Waals surface area contributed by atoms with Gasteiger partial charge in [-0.25, -0.2) is 19.7 Å². The first-order valence-electron chi connectivity index (χ1n) is 10.4. The zero-order valence-electron chi connectivity index (χ0n) is 17.5. The van der Waals surface area contributed by atoms with Gasteiger partial charge in [0.25, 0.3) is 5.91 Å². The Bertz CT molecular complexity index is 1350. The van der Waals surface area contributed by atoms with Crippen LogP contribution in [0, 0.1) is 0 Å². The Morgan fingerprint density at radius 2 is 1.91 bits per heavy atom. The van der Waals surface area contributed by atoms with Crippen molar-refractivity contribution >= 4 is 34.7 Å². The number of nitrogen functional groups attached to an aromatic ring is 1. The molecule has 0 aliphatic carbocycles. The normalized spacial score (nSPS) is 15.1. The van der Waals surface area contributed by atoms with E-state index in [-0.39, 0.29) is 11.9 Å². The average molecular weight is 443 g/mol. The Hall–Kier alpha value is -4.47. The summed E-state index contributed by atoms with van der Waals surface area (Å²) in [6.07, 6.45) is 3.29. The Balaban J connectivity index is 1.51. The summed E-state index contributed by atoms with van der Waals surface area (Å²) in [7, 11) is 0. The fourth-order valence-corrected chi connectivity index (χ4v) is 4.34. The predicted octanol–water partition coefficient (Wildman–Crippen LogP) is 2.91. The van der Waals surface area contributed by atoms with Crippen LogP contribution in [0.4, 0.5) is 16.4 Å². The van der Waals surface area contributed by atoms with Gasteiger partial charge in [-0.1, -0.05) is 18.2 Å². The van der Waals surface area contributed by atoms with Gasteiger partial charge in [0.05, 0.1) is 11.4 Å². The van der Waals surface area contributed by atoms with Gasteiger partial charge in [-0.05, 0) is 42.7 Å². The van der Waals surface area contributed by atoms with Crippen molar-refractivity contribution in [1.82, 2.24) is 24.8 Å². The second kappa shape index (κ2) is 8.23. The quantitative estimate of drug-likeness (QED) is 0.379. The van der Waals surface area contributed by atoms with Crippen LogP contribution in [0.25, 0.3) is 22.2 Å². The molecule has 1 aliphatic rings. The van der Waals surface area contributed by atoms with Gasteiger partial charge in [0.1, 0.15) is 23.6 Å². The number of nitrogens with zero attached hydrogens (tertiary/aromatic N) is 4. The summed E-state index contributed by atoms with van der Waals surface area (Å²) in [5.74, 6) is 0.583. The summed E-state index contributed by atoms with van der Waals surface area (Å²) in [5.41, 5.74) is 10.2. The number of carboxylic acid groups (broad SMARTS) is 1. The maximum atomic E-state index is 12.6. The van der Waals surface area contributed by atoms with Crippen molar-refractivity contribution in [3.63, 3.8) is 0 Å². The van der Waals surface area contributed by atoms with E-state index in [1.54, 1.807) is 36.5 Å². The number of carbonyl (C=O) groups excluding carboxylic acids is 1. The van der Waals surface area contributed by atoms with E-state index in [4.69, 9.17) is 10.8 Å². The number of amides is 2. The Morgan fingerprint density at radius 3 is 2.64 bits per heavy atom. The van der Waals surface area contributed by atoms with Gasteiger partial charge in [-0.15, -0.1) is 0 Å². The van der Waals surface area contributed by atoms with Crippen molar-refractivity contribution in [3.8, 4) is 11.1 Å². The second-order valence-electron chi connectivity index (χ2n) is 7.82. The van der Waals surface area contributed by atoms with Crippen molar-refractivity contribution in [2.24, 2.45) is 0 Å².